The van der Waals surface area contributed by atoms with Crippen molar-refractivity contribution in [2.45, 2.75) is 33.7 Å². The summed E-state index contributed by atoms with van der Waals surface area (Å²) in [5.41, 5.74) is 4.09. The van der Waals surface area contributed by atoms with Crippen LogP contribution in [0.15, 0.2) is 42.5 Å². The third-order valence-electron chi connectivity index (χ3n) is 3.71. The second kappa shape index (κ2) is 7.03. The molecule has 2 aromatic rings. The van der Waals surface area contributed by atoms with Gasteiger partial charge < -0.3 is 5.32 Å². The average Bonchev–Trinajstić information content (AvgIpc) is 2.52. The number of benzene rings is 2. The molecule has 0 amide bonds. The molecule has 0 aliphatic heterocycles. The quantitative estimate of drug-likeness (QED) is 0.810. The molecule has 0 fully saturated rings. The summed E-state index contributed by atoms with van der Waals surface area (Å²) in [4.78, 5) is 23.6. The van der Waals surface area contributed by atoms with Crippen LogP contribution in [0.1, 0.15) is 52.6 Å². The van der Waals surface area contributed by atoms with Gasteiger partial charge in [0.15, 0.2) is 11.6 Å². The summed E-state index contributed by atoms with van der Waals surface area (Å²) in [6.45, 7) is 5.71. The van der Waals surface area contributed by atoms with Gasteiger partial charge in [0.1, 0.15) is 0 Å². The maximum Gasteiger partial charge on any atom is 0.162 e. The van der Waals surface area contributed by atoms with Crippen molar-refractivity contribution in [3.8, 4) is 0 Å². The third-order valence-corrected chi connectivity index (χ3v) is 3.71. The summed E-state index contributed by atoms with van der Waals surface area (Å²) in [5, 5.41) is 3.27. The number of nitrogens with one attached hydrogen (secondary N) is 1. The minimum absolute atomic E-state index is 0.0962. The van der Waals surface area contributed by atoms with Crippen molar-refractivity contribution in [3.05, 3.63) is 64.7 Å². The summed E-state index contributed by atoms with van der Waals surface area (Å²) in [7, 11) is 0. The van der Waals surface area contributed by atoms with Gasteiger partial charge in [-0.05, 0) is 37.5 Å². The molecule has 2 rings (SSSR count). The number of carbonyl (C=O) groups excluding carboxylic acids is 2. The van der Waals surface area contributed by atoms with E-state index >= 15 is 0 Å². The van der Waals surface area contributed by atoms with E-state index in [0.29, 0.717) is 23.4 Å². The molecule has 1 N–H and O–H groups in total. The zero-order valence-electron chi connectivity index (χ0n) is 13.3. The Morgan fingerprint density at radius 1 is 0.909 bits per heavy atom. The summed E-state index contributed by atoms with van der Waals surface area (Å²) >= 11 is 0. The topological polar surface area (TPSA) is 46.2 Å². The zero-order valence-corrected chi connectivity index (χ0v) is 13.3. The highest BCUT2D eigenvalue weighted by molar-refractivity contribution is 6.10. The van der Waals surface area contributed by atoms with Crippen molar-refractivity contribution in [1.29, 1.82) is 0 Å². The highest BCUT2D eigenvalue weighted by atomic mass is 16.1. The minimum Gasteiger partial charge on any atom is -0.380 e. The Balaban J connectivity index is 2.23. The molecular formula is C19H21NO2. The second-order valence-electron chi connectivity index (χ2n) is 5.36. The molecule has 3 nitrogen and oxygen atoms in total. The molecule has 0 bridgehead atoms. The Labute approximate surface area is 131 Å². The van der Waals surface area contributed by atoms with Gasteiger partial charge in [-0.2, -0.15) is 0 Å². The lowest BCUT2D eigenvalue weighted by Gasteiger charge is -2.13. The highest BCUT2D eigenvalue weighted by Crippen LogP contribution is 2.22. The summed E-state index contributed by atoms with van der Waals surface area (Å²) in [5.74, 6) is -0.198. The smallest absolute Gasteiger partial charge is 0.162 e. The molecule has 0 aliphatic carbocycles. The summed E-state index contributed by atoms with van der Waals surface area (Å²) in [6, 6.07) is 13.7. The van der Waals surface area contributed by atoms with Gasteiger partial charge >= 0.3 is 0 Å². The first-order valence-corrected chi connectivity index (χ1v) is 7.49. The average molecular weight is 295 g/mol. The normalized spacial score (nSPS) is 10.3. The van der Waals surface area contributed by atoms with Gasteiger partial charge in [-0.3, -0.25) is 9.59 Å². The maximum atomic E-state index is 11.9. The molecule has 0 saturated carbocycles. The molecule has 0 radical (unpaired) electrons. The van der Waals surface area contributed by atoms with Crippen LogP contribution < -0.4 is 5.32 Å². The fourth-order valence-electron chi connectivity index (χ4n) is 2.46. The van der Waals surface area contributed by atoms with Crippen molar-refractivity contribution in [1.82, 2.24) is 0 Å². The number of hydrogen-bond donors (Lipinski definition) is 1. The Kier molecular flexibility index (Phi) is 5.10. The van der Waals surface area contributed by atoms with Crippen LogP contribution in [0.2, 0.25) is 0 Å². The number of Topliss-reactive ketones (excluding diaryl/α,β-unsaturated/α-hetero) is 2. The van der Waals surface area contributed by atoms with E-state index in [1.807, 2.05) is 6.07 Å². The Morgan fingerprint density at radius 3 is 2.09 bits per heavy atom. The van der Waals surface area contributed by atoms with Gasteiger partial charge in [-0.1, -0.05) is 43.3 Å². The van der Waals surface area contributed by atoms with Gasteiger partial charge in [0.25, 0.3) is 0 Å². The molecule has 0 atom stereocenters. The van der Waals surface area contributed by atoms with Crippen molar-refractivity contribution in [2.75, 3.05) is 5.32 Å². The van der Waals surface area contributed by atoms with E-state index in [1.54, 1.807) is 12.1 Å². The predicted molar refractivity (Wildman–Crippen MR) is 89.6 cm³/mol. The monoisotopic (exact) mass is 295 g/mol. The molecule has 22 heavy (non-hydrogen) atoms. The van der Waals surface area contributed by atoms with E-state index in [-0.39, 0.29) is 11.6 Å². The molecular weight excluding hydrogens is 274 g/mol. The van der Waals surface area contributed by atoms with E-state index in [0.717, 1.165) is 12.0 Å². The number of anilines is 1. The first kappa shape index (κ1) is 16.0. The van der Waals surface area contributed by atoms with E-state index < -0.39 is 0 Å². The van der Waals surface area contributed by atoms with Crippen molar-refractivity contribution in [3.63, 3.8) is 0 Å². The van der Waals surface area contributed by atoms with Crippen molar-refractivity contribution < 1.29 is 9.59 Å². The standard InChI is InChI=1S/C19H21NO2/c1-4-15-8-10-16(11-9-15)12-20-18-7-5-6-17(13(2)21)19(18)14(3)22/h5-11,20H,4,12H2,1-3H3. The van der Waals surface area contributed by atoms with Crippen LogP contribution in [0.3, 0.4) is 0 Å². The first-order valence-electron chi connectivity index (χ1n) is 7.49. The van der Waals surface area contributed by atoms with Crippen LogP contribution in [0, 0.1) is 0 Å². The third kappa shape index (κ3) is 3.61. The molecule has 114 valence electrons. The molecule has 0 heterocycles. The number of hydrogen-bond acceptors (Lipinski definition) is 3. The molecule has 0 saturated heterocycles. The van der Waals surface area contributed by atoms with Gasteiger partial charge in [0.2, 0.25) is 0 Å². The predicted octanol–water partition coefficient (Wildman–Crippen LogP) is 4.27. The zero-order chi connectivity index (χ0) is 16.1. The maximum absolute atomic E-state index is 11.9. The molecule has 0 spiro atoms. The fraction of sp³-hybridized carbons (Fsp3) is 0.263. The van der Waals surface area contributed by atoms with E-state index in [2.05, 4.69) is 36.5 Å². The van der Waals surface area contributed by atoms with Crippen LogP contribution >= 0.6 is 0 Å². The van der Waals surface area contributed by atoms with E-state index in [1.165, 1.54) is 19.4 Å². The summed E-state index contributed by atoms with van der Waals surface area (Å²) in [6.07, 6.45) is 1.02. The second-order valence-corrected chi connectivity index (χ2v) is 5.36. The highest BCUT2D eigenvalue weighted by Gasteiger charge is 2.15. The fourth-order valence-corrected chi connectivity index (χ4v) is 2.46. The summed E-state index contributed by atoms with van der Waals surface area (Å²) < 4.78 is 0. The Bertz CT molecular complexity index is 687. The van der Waals surface area contributed by atoms with Crippen LogP contribution in [-0.4, -0.2) is 11.6 Å². The van der Waals surface area contributed by atoms with Crippen molar-refractivity contribution in [2.24, 2.45) is 0 Å². The first-order chi connectivity index (χ1) is 10.5. The SMILES string of the molecule is CCc1ccc(CNc2cccc(C(C)=O)c2C(C)=O)cc1. The molecule has 0 aromatic heterocycles. The lowest BCUT2D eigenvalue weighted by Crippen LogP contribution is -2.10. The van der Waals surface area contributed by atoms with Crippen LogP contribution in [0.25, 0.3) is 0 Å². The van der Waals surface area contributed by atoms with E-state index in [9.17, 15) is 9.59 Å². The van der Waals surface area contributed by atoms with Gasteiger partial charge in [0, 0.05) is 17.8 Å². The number of aryl methyl sites for hydroxylation is 1. The van der Waals surface area contributed by atoms with Gasteiger partial charge in [-0.25, -0.2) is 0 Å². The lowest BCUT2D eigenvalue weighted by molar-refractivity contribution is 0.0981. The Hall–Kier alpha value is -2.42. The van der Waals surface area contributed by atoms with Crippen LogP contribution in [0.5, 0.6) is 0 Å². The minimum atomic E-state index is -0.102. The van der Waals surface area contributed by atoms with E-state index in [4.69, 9.17) is 0 Å². The van der Waals surface area contributed by atoms with Crippen LogP contribution in [-0.2, 0) is 13.0 Å². The molecule has 0 unspecified atom stereocenters. The lowest BCUT2D eigenvalue weighted by atomic mass is 9.99. The van der Waals surface area contributed by atoms with Crippen molar-refractivity contribution >= 4 is 17.3 Å². The molecule has 2 aromatic carbocycles. The molecule has 0 aliphatic rings. The number of ketones is 2. The number of rotatable bonds is 6. The van der Waals surface area contributed by atoms with Gasteiger partial charge in [0.05, 0.1) is 5.56 Å². The van der Waals surface area contributed by atoms with Crippen LogP contribution in [0.4, 0.5) is 5.69 Å². The molecule has 3 heteroatoms. The Morgan fingerprint density at radius 2 is 1.55 bits per heavy atom. The van der Waals surface area contributed by atoms with Gasteiger partial charge in [-0.15, -0.1) is 0 Å². The number of carbonyl (C=O) groups is 2. The largest absolute Gasteiger partial charge is 0.380 e.